The summed E-state index contributed by atoms with van der Waals surface area (Å²) in [5.41, 5.74) is 1.30. The van der Waals surface area contributed by atoms with E-state index in [1.807, 2.05) is 13.0 Å². The second kappa shape index (κ2) is 7.29. The standard InChI is InChI=1S/C16H23NO2/c1-2-19-16(18)13-15(17-10-6-7-11-17)12-14-8-4-3-5-9-14/h3-5,8-9,15H,2,6-7,10-13H2,1H3. The van der Waals surface area contributed by atoms with E-state index in [1.165, 1.54) is 18.4 Å². The Kier molecular flexibility index (Phi) is 5.40. The number of carbonyl (C=O) groups is 1. The van der Waals surface area contributed by atoms with Gasteiger partial charge in [0.25, 0.3) is 0 Å². The third kappa shape index (κ3) is 4.35. The van der Waals surface area contributed by atoms with Crippen LogP contribution in [0.4, 0.5) is 0 Å². The van der Waals surface area contributed by atoms with E-state index in [-0.39, 0.29) is 12.0 Å². The number of ether oxygens (including phenoxy) is 1. The molecule has 3 nitrogen and oxygen atoms in total. The van der Waals surface area contributed by atoms with Crippen LogP contribution in [-0.2, 0) is 16.0 Å². The highest BCUT2D eigenvalue weighted by Crippen LogP contribution is 2.18. The summed E-state index contributed by atoms with van der Waals surface area (Å²) >= 11 is 0. The van der Waals surface area contributed by atoms with Gasteiger partial charge in [0, 0.05) is 6.04 Å². The number of rotatable bonds is 6. The number of benzene rings is 1. The summed E-state index contributed by atoms with van der Waals surface area (Å²) in [7, 11) is 0. The minimum atomic E-state index is -0.0738. The predicted octanol–water partition coefficient (Wildman–Crippen LogP) is 2.65. The lowest BCUT2D eigenvalue weighted by Gasteiger charge is -2.26. The van der Waals surface area contributed by atoms with Crippen molar-refractivity contribution in [2.45, 2.75) is 38.6 Å². The van der Waals surface area contributed by atoms with Crippen molar-refractivity contribution in [3.63, 3.8) is 0 Å². The first-order valence-electron chi connectivity index (χ1n) is 7.23. The fraction of sp³-hybridized carbons (Fsp3) is 0.562. The summed E-state index contributed by atoms with van der Waals surface area (Å²) in [5.74, 6) is -0.0738. The monoisotopic (exact) mass is 261 g/mol. The molecule has 104 valence electrons. The van der Waals surface area contributed by atoms with Gasteiger partial charge in [0.15, 0.2) is 0 Å². The number of carbonyl (C=O) groups excluding carboxylic acids is 1. The highest BCUT2D eigenvalue weighted by Gasteiger charge is 2.24. The number of nitrogens with zero attached hydrogens (tertiary/aromatic N) is 1. The quantitative estimate of drug-likeness (QED) is 0.737. The van der Waals surface area contributed by atoms with Gasteiger partial charge < -0.3 is 4.74 Å². The maximum Gasteiger partial charge on any atom is 0.307 e. The molecule has 1 atom stereocenters. The smallest absolute Gasteiger partial charge is 0.307 e. The van der Waals surface area contributed by atoms with Crippen molar-refractivity contribution in [1.29, 1.82) is 0 Å². The highest BCUT2D eigenvalue weighted by atomic mass is 16.5. The number of esters is 1. The van der Waals surface area contributed by atoms with E-state index in [0.717, 1.165) is 19.5 Å². The SMILES string of the molecule is CCOC(=O)CC(Cc1ccccc1)N1CCCC1. The highest BCUT2D eigenvalue weighted by molar-refractivity contribution is 5.70. The van der Waals surface area contributed by atoms with Crippen LogP contribution >= 0.6 is 0 Å². The van der Waals surface area contributed by atoms with Crippen molar-refractivity contribution in [3.05, 3.63) is 35.9 Å². The van der Waals surface area contributed by atoms with E-state index in [4.69, 9.17) is 4.74 Å². The van der Waals surface area contributed by atoms with Crippen LogP contribution in [0.5, 0.6) is 0 Å². The van der Waals surface area contributed by atoms with Gasteiger partial charge in [0.1, 0.15) is 0 Å². The zero-order chi connectivity index (χ0) is 13.5. The van der Waals surface area contributed by atoms with Crippen LogP contribution in [0.3, 0.4) is 0 Å². The first-order chi connectivity index (χ1) is 9.29. The molecule has 1 aromatic carbocycles. The van der Waals surface area contributed by atoms with Crippen LogP contribution in [0.25, 0.3) is 0 Å². The molecule has 0 aromatic heterocycles. The van der Waals surface area contributed by atoms with E-state index in [0.29, 0.717) is 13.0 Å². The van der Waals surface area contributed by atoms with Gasteiger partial charge in [-0.2, -0.15) is 0 Å². The summed E-state index contributed by atoms with van der Waals surface area (Å²) in [4.78, 5) is 14.2. The van der Waals surface area contributed by atoms with Crippen molar-refractivity contribution in [1.82, 2.24) is 4.90 Å². The Hall–Kier alpha value is -1.35. The normalized spacial score (nSPS) is 17.3. The van der Waals surface area contributed by atoms with Crippen LogP contribution in [0, 0.1) is 0 Å². The van der Waals surface area contributed by atoms with Gasteiger partial charge in [0.2, 0.25) is 0 Å². The first-order valence-corrected chi connectivity index (χ1v) is 7.23. The minimum absolute atomic E-state index is 0.0738. The number of hydrogen-bond acceptors (Lipinski definition) is 3. The van der Waals surface area contributed by atoms with E-state index in [1.54, 1.807) is 0 Å². The van der Waals surface area contributed by atoms with Gasteiger partial charge in [0.05, 0.1) is 13.0 Å². The van der Waals surface area contributed by atoms with E-state index < -0.39 is 0 Å². The van der Waals surface area contributed by atoms with E-state index in [2.05, 4.69) is 29.2 Å². The minimum Gasteiger partial charge on any atom is -0.466 e. The molecule has 0 aliphatic carbocycles. The summed E-state index contributed by atoms with van der Waals surface area (Å²) in [6.07, 6.45) is 3.92. The molecular formula is C16H23NO2. The molecule has 1 fully saturated rings. The summed E-state index contributed by atoms with van der Waals surface area (Å²) in [6, 6.07) is 10.7. The molecule has 0 amide bonds. The Morgan fingerprint density at radius 3 is 2.58 bits per heavy atom. The molecule has 1 unspecified atom stereocenters. The summed E-state index contributed by atoms with van der Waals surface area (Å²) < 4.78 is 5.10. The first kappa shape index (κ1) is 14.1. The van der Waals surface area contributed by atoms with E-state index in [9.17, 15) is 4.79 Å². The summed E-state index contributed by atoms with van der Waals surface area (Å²) in [6.45, 7) is 4.55. The Bertz CT molecular complexity index is 385. The average molecular weight is 261 g/mol. The second-order valence-corrected chi connectivity index (χ2v) is 5.10. The van der Waals surface area contributed by atoms with Crippen LogP contribution in [0.1, 0.15) is 31.7 Å². The van der Waals surface area contributed by atoms with Crippen LogP contribution < -0.4 is 0 Å². The lowest BCUT2D eigenvalue weighted by Crippen LogP contribution is -2.36. The van der Waals surface area contributed by atoms with Crippen molar-refractivity contribution in [2.24, 2.45) is 0 Å². The van der Waals surface area contributed by atoms with Crippen LogP contribution in [0.15, 0.2) is 30.3 Å². The fourth-order valence-electron chi connectivity index (χ4n) is 2.74. The van der Waals surface area contributed by atoms with Gasteiger partial charge in [-0.15, -0.1) is 0 Å². The second-order valence-electron chi connectivity index (χ2n) is 5.10. The summed E-state index contributed by atoms with van der Waals surface area (Å²) in [5, 5.41) is 0. The number of likely N-dealkylation sites (tertiary alicyclic amines) is 1. The van der Waals surface area contributed by atoms with Gasteiger partial charge in [-0.25, -0.2) is 0 Å². The molecule has 1 saturated heterocycles. The third-order valence-electron chi connectivity index (χ3n) is 3.68. The molecule has 0 bridgehead atoms. The van der Waals surface area contributed by atoms with Gasteiger partial charge in [-0.3, -0.25) is 9.69 Å². The molecule has 0 N–H and O–H groups in total. The topological polar surface area (TPSA) is 29.5 Å². The van der Waals surface area contributed by atoms with Crippen molar-refractivity contribution in [3.8, 4) is 0 Å². The van der Waals surface area contributed by atoms with Gasteiger partial charge in [-0.05, 0) is 44.8 Å². The van der Waals surface area contributed by atoms with Crippen molar-refractivity contribution in [2.75, 3.05) is 19.7 Å². The largest absolute Gasteiger partial charge is 0.466 e. The maximum atomic E-state index is 11.8. The average Bonchev–Trinajstić information content (AvgIpc) is 2.93. The molecule has 0 radical (unpaired) electrons. The molecule has 1 aliphatic heterocycles. The molecule has 1 aliphatic rings. The lowest BCUT2D eigenvalue weighted by atomic mass is 10.0. The molecule has 19 heavy (non-hydrogen) atoms. The van der Waals surface area contributed by atoms with E-state index >= 15 is 0 Å². The molecule has 0 saturated carbocycles. The maximum absolute atomic E-state index is 11.8. The zero-order valence-corrected chi connectivity index (χ0v) is 11.7. The van der Waals surface area contributed by atoms with Crippen molar-refractivity contribution < 1.29 is 9.53 Å². The van der Waals surface area contributed by atoms with Crippen LogP contribution in [-0.4, -0.2) is 36.6 Å². The zero-order valence-electron chi connectivity index (χ0n) is 11.7. The fourth-order valence-corrected chi connectivity index (χ4v) is 2.74. The molecule has 2 rings (SSSR count). The Morgan fingerprint density at radius 1 is 1.26 bits per heavy atom. The Morgan fingerprint density at radius 2 is 1.95 bits per heavy atom. The molecule has 1 heterocycles. The molecule has 1 aromatic rings. The van der Waals surface area contributed by atoms with Gasteiger partial charge in [-0.1, -0.05) is 30.3 Å². The Labute approximate surface area is 115 Å². The van der Waals surface area contributed by atoms with Crippen molar-refractivity contribution >= 4 is 5.97 Å². The van der Waals surface area contributed by atoms with Crippen LogP contribution in [0.2, 0.25) is 0 Å². The Balaban J connectivity index is 1.99. The third-order valence-corrected chi connectivity index (χ3v) is 3.68. The molecule has 0 spiro atoms. The van der Waals surface area contributed by atoms with Gasteiger partial charge >= 0.3 is 5.97 Å². The lowest BCUT2D eigenvalue weighted by molar-refractivity contribution is -0.144. The predicted molar refractivity (Wildman–Crippen MR) is 76.0 cm³/mol. The number of hydrogen-bond donors (Lipinski definition) is 0. The molecule has 3 heteroatoms. The molecular weight excluding hydrogens is 238 g/mol.